The van der Waals surface area contributed by atoms with Gasteiger partial charge in [-0.3, -0.25) is 4.90 Å². The molecule has 1 rings (SSSR count). The maximum absolute atomic E-state index is 5.61. The van der Waals surface area contributed by atoms with Crippen LogP contribution in [0.5, 0.6) is 0 Å². The summed E-state index contributed by atoms with van der Waals surface area (Å²) in [6, 6.07) is 10.5. The van der Waals surface area contributed by atoms with Crippen molar-refractivity contribution in [1.29, 1.82) is 0 Å². The third kappa shape index (κ3) is 4.97. The Bertz CT molecular complexity index is 313. The van der Waals surface area contributed by atoms with Gasteiger partial charge in [-0.1, -0.05) is 30.3 Å². The number of nitrogens with two attached hydrogens (primary N) is 1. The average molecular weight is 216 g/mol. The molecule has 0 heterocycles. The van der Waals surface area contributed by atoms with E-state index in [9.17, 15) is 0 Å². The number of unbranched alkanes of at least 4 members (excludes halogenated alkanes) is 1. The molecule has 0 saturated carbocycles. The minimum Gasteiger partial charge on any atom is -0.329 e. The molecular formula is C14H20N2. The topological polar surface area (TPSA) is 29.3 Å². The van der Waals surface area contributed by atoms with E-state index in [0.29, 0.717) is 6.54 Å². The largest absolute Gasteiger partial charge is 0.329 e. The van der Waals surface area contributed by atoms with E-state index in [1.54, 1.807) is 0 Å². The molecule has 0 aliphatic carbocycles. The van der Waals surface area contributed by atoms with Gasteiger partial charge in [0.25, 0.3) is 0 Å². The number of nitrogens with zero attached hydrogens (tertiary/aromatic N) is 1. The van der Waals surface area contributed by atoms with Gasteiger partial charge in [0.05, 0.1) is 0 Å². The van der Waals surface area contributed by atoms with Crippen LogP contribution in [0.3, 0.4) is 0 Å². The van der Waals surface area contributed by atoms with Gasteiger partial charge in [0, 0.05) is 26.1 Å². The minimum atomic E-state index is 0.697. The zero-order chi connectivity index (χ0) is 11.6. The van der Waals surface area contributed by atoms with Gasteiger partial charge in [-0.25, -0.2) is 0 Å². The first kappa shape index (κ1) is 12.8. The Morgan fingerprint density at radius 1 is 1.19 bits per heavy atom. The molecule has 0 aromatic heterocycles. The molecule has 2 N–H and O–H groups in total. The monoisotopic (exact) mass is 216 g/mol. The highest BCUT2D eigenvalue weighted by Crippen LogP contribution is 2.05. The van der Waals surface area contributed by atoms with Crippen LogP contribution in [0.2, 0.25) is 0 Å². The lowest BCUT2D eigenvalue weighted by molar-refractivity contribution is 0.271. The first-order valence-corrected chi connectivity index (χ1v) is 5.76. The summed E-state index contributed by atoms with van der Waals surface area (Å²) in [5, 5.41) is 0. The second-order valence-electron chi connectivity index (χ2n) is 3.86. The van der Waals surface area contributed by atoms with E-state index in [0.717, 1.165) is 32.5 Å². The second kappa shape index (κ2) is 7.92. The van der Waals surface area contributed by atoms with Gasteiger partial charge in [0.1, 0.15) is 0 Å². The standard InChI is InChI=1S/C14H20N2/c1-2-3-7-11-16(12-10-15)13-14-8-5-4-6-9-14/h1,4-6,8-9H,3,7,10-13,15H2. The summed E-state index contributed by atoms with van der Waals surface area (Å²) in [5.74, 6) is 2.67. The molecule has 0 unspecified atom stereocenters. The van der Waals surface area contributed by atoms with Gasteiger partial charge < -0.3 is 5.73 Å². The van der Waals surface area contributed by atoms with E-state index in [1.165, 1.54) is 5.56 Å². The van der Waals surface area contributed by atoms with Crippen LogP contribution in [0, 0.1) is 12.3 Å². The van der Waals surface area contributed by atoms with E-state index in [1.807, 2.05) is 6.07 Å². The Kier molecular flexibility index (Phi) is 6.32. The summed E-state index contributed by atoms with van der Waals surface area (Å²) < 4.78 is 0. The van der Waals surface area contributed by atoms with Crippen molar-refractivity contribution in [3.63, 3.8) is 0 Å². The van der Waals surface area contributed by atoms with Gasteiger partial charge in [0.15, 0.2) is 0 Å². The summed E-state index contributed by atoms with van der Waals surface area (Å²) in [6.07, 6.45) is 7.14. The SMILES string of the molecule is C#CCCCN(CCN)Cc1ccccc1. The Labute approximate surface area is 98.4 Å². The van der Waals surface area contributed by atoms with Crippen molar-refractivity contribution < 1.29 is 0 Å². The van der Waals surface area contributed by atoms with Crippen LogP contribution in [0.4, 0.5) is 0 Å². The molecule has 0 saturated heterocycles. The highest BCUT2D eigenvalue weighted by Gasteiger charge is 2.03. The van der Waals surface area contributed by atoms with Crippen LogP contribution in [-0.2, 0) is 6.54 Å². The molecule has 2 nitrogen and oxygen atoms in total. The molecule has 1 aromatic rings. The van der Waals surface area contributed by atoms with Crippen LogP contribution in [0.15, 0.2) is 30.3 Å². The van der Waals surface area contributed by atoms with Gasteiger partial charge in [0.2, 0.25) is 0 Å². The lowest BCUT2D eigenvalue weighted by atomic mass is 10.2. The maximum Gasteiger partial charge on any atom is 0.0234 e. The van der Waals surface area contributed by atoms with Gasteiger partial charge in [-0.2, -0.15) is 0 Å². The van der Waals surface area contributed by atoms with Crippen LogP contribution in [0.25, 0.3) is 0 Å². The van der Waals surface area contributed by atoms with E-state index >= 15 is 0 Å². The number of hydrogen-bond acceptors (Lipinski definition) is 2. The minimum absolute atomic E-state index is 0.697. The van der Waals surface area contributed by atoms with E-state index in [-0.39, 0.29) is 0 Å². The number of rotatable bonds is 7. The molecule has 0 aliphatic heterocycles. The maximum atomic E-state index is 5.61. The Morgan fingerprint density at radius 3 is 2.56 bits per heavy atom. The molecule has 1 aromatic carbocycles. The van der Waals surface area contributed by atoms with E-state index in [2.05, 4.69) is 35.1 Å². The summed E-state index contributed by atoms with van der Waals surface area (Å²) in [4.78, 5) is 2.35. The van der Waals surface area contributed by atoms with Gasteiger partial charge >= 0.3 is 0 Å². The molecule has 0 spiro atoms. The molecule has 0 amide bonds. The third-order valence-corrected chi connectivity index (χ3v) is 2.49. The van der Waals surface area contributed by atoms with Crippen molar-refractivity contribution in [2.75, 3.05) is 19.6 Å². The fourth-order valence-corrected chi connectivity index (χ4v) is 1.70. The zero-order valence-electron chi connectivity index (χ0n) is 9.73. The summed E-state index contributed by atoms with van der Waals surface area (Å²) >= 11 is 0. The molecule has 0 aliphatic rings. The van der Waals surface area contributed by atoms with Crippen molar-refractivity contribution >= 4 is 0 Å². The van der Waals surface area contributed by atoms with Crippen LogP contribution in [0.1, 0.15) is 18.4 Å². The molecule has 0 atom stereocenters. The normalized spacial score (nSPS) is 10.3. The van der Waals surface area contributed by atoms with Crippen molar-refractivity contribution in [2.45, 2.75) is 19.4 Å². The Balaban J connectivity index is 2.41. The molecule has 0 radical (unpaired) electrons. The lowest BCUT2D eigenvalue weighted by Gasteiger charge is -2.21. The predicted octanol–water partition coefficient (Wildman–Crippen LogP) is 1.86. The van der Waals surface area contributed by atoms with Crippen molar-refractivity contribution in [1.82, 2.24) is 4.90 Å². The first-order chi connectivity index (χ1) is 7.86. The molecule has 16 heavy (non-hydrogen) atoms. The van der Waals surface area contributed by atoms with Crippen molar-refractivity contribution in [2.24, 2.45) is 5.73 Å². The van der Waals surface area contributed by atoms with Gasteiger partial charge in [-0.05, 0) is 18.5 Å². The van der Waals surface area contributed by atoms with Crippen LogP contribution < -0.4 is 5.73 Å². The quantitative estimate of drug-likeness (QED) is 0.557. The second-order valence-corrected chi connectivity index (χ2v) is 3.86. The zero-order valence-corrected chi connectivity index (χ0v) is 9.73. The molecule has 0 bridgehead atoms. The highest BCUT2D eigenvalue weighted by molar-refractivity contribution is 5.14. The number of terminal acetylenes is 1. The summed E-state index contributed by atoms with van der Waals surface area (Å²) in [5.41, 5.74) is 6.94. The average Bonchev–Trinajstić information content (AvgIpc) is 2.31. The first-order valence-electron chi connectivity index (χ1n) is 5.76. The van der Waals surface area contributed by atoms with Crippen LogP contribution >= 0.6 is 0 Å². The fourth-order valence-electron chi connectivity index (χ4n) is 1.70. The summed E-state index contributed by atoms with van der Waals surface area (Å²) in [7, 11) is 0. The molecular weight excluding hydrogens is 196 g/mol. The molecule has 0 fully saturated rings. The third-order valence-electron chi connectivity index (χ3n) is 2.49. The highest BCUT2D eigenvalue weighted by atomic mass is 15.1. The van der Waals surface area contributed by atoms with Gasteiger partial charge in [-0.15, -0.1) is 12.3 Å². The predicted molar refractivity (Wildman–Crippen MR) is 68.8 cm³/mol. The van der Waals surface area contributed by atoms with E-state index in [4.69, 9.17) is 12.2 Å². The van der Waals surface area contributed by atoms with Crippen molar-refractivity contribution in [3.05, 3.63) is 35.9 Å². The number of hydrogen-bond donors (Lipinski definition) is 1. The smallest absolute Gasteiger partial charge is 0.0234 e. The summed E-state index contributed by atoms with van der Waals surface area (Å²) in [6.45, 7) is 3.61. The van der Waals surface area contributed by atoms with E-state index < -0.39 is 0 Å². The molecule has 86 valence electrons. The van der Waals surface area contributed by atoms with Crippen LogP contribution in [-0.4, -0.2) is 24.5 Å². The lowest BCUT2D eigenvalue weighted by Crippen LogP contribution is -2.30. The van der Waals surface area contributed by atoms with Crippen molar-refractivity contribution in [3.8, 4) is 12.3 Å². The molecule has 2 heteroatoms. The Morgan fingerprint density at radius 2 is 1.94 bits per heavy atom. The number of benzene rings is 1. The fraction of sp³-hybridized carbons (Fsp3) is 0.429. The Hall–Kier alpha value is -1.30.